The van der Waals surface area contributed by atoms with Gasteiger partial charge in [0.05, 0.1) is 0 Å². The summed E-state index contributed by atoms with van der Waals surface area (Å²) in [5.74, 6) is 1.81. The van der Waals surface area contributed by atoms with Gasteiger partial charge in [-0.05, 0) is 49.5 Å². The molecule has 0 radical (unpaired) electrons. The van der Waals surface area contributed by atoms with Gasteiger partial charge < -0.3 is 9.80 Å². The van der Waals surface area contributed by atoms with Crippen molar-refractivity contribution in [3.8, 4) is 0 Å². The molecule has 0 N–H and O–H groups in total. The van der Waals surface area contributed by atoms with E-state index in [1.807, 2.05) is 18.1 Å². The van der Waals surface area contributed by atoms with Crippen LogP contribution in [0.4, 0.5) is 5.82 Å². The highest BCUT2D eigenvalue weighted by Gasteiger charge is 2.26. The van der Waals surface area contributed by atoms with E-state index in [1.165, 1.54) is 11.1 Å². The fourth-order valence-corrected chi connectivity index (χ4v) is 4.65. The third-order valence-corrected chi connectivity index (χ3v) is 6.44. The Bertz CT molecular complexity index is 848. The summed E-state index contributed by atoms with van der Waals surface area (Å²) in [5, 5.41) is 0.831. The minimum Gasteiger partial charge on any atom is -0.356 e. The molecule has 0 atom stereocenters. The first-order valence-electron chi connectivity index (χ1n) is 10.1. The molecule has 0 unspecified atom stereocenters. The normalized spacial score (nSPS) is 17.5. The van der Waals surface area contributed by atoms with Crippen molar-refractivity contribution in [2.24, 2.45) is 5.92 Å². The number of hydrogen-bond donors (Lipinski definition) is 0. The van der Waals surface area contributed by atoms with Crippen molar-refractivity contribution >= 4 is 23.5 Å². The second-order valence-corrected chi connectivity index (χ2v) is 8.60. The maximum Gasteiger partial charge on any atom is 0.223 e. The number of rotatable bonds is 4. The molecular formula is C22H28N4OS. The van der Waals surface area contributed by atoms with Crippen LogP contribution in [0.5, 0.6) is 0 Å². The number of carbonyl (C=O) groups excluding carboxylic acids is 1. The van der Waals surface area contributed by atoms with E-state index in [4.69, 9.17) is 0 Å². The molecule has 2 aliphatic heterocycles. The molecule has 148 valence electrons. The van der Waals surface area contributed by atoms with Crippen molar-refractivity contribution in [2.45, 2.75) is 44.3 Å². The van der Waals surface area contributed by atoms with E-state index >= 15 is 0 Å². The zero-order valence-electron chi connectivity index (χ0n) is 16.7. The van der Waals surface area contributed by atoms with Gasteiger partial charge in [-0.15, -0.1) is 0 Å². The predicted octanol–water partition coefficient (Wildman–Crippen LogP) is 3.70. The zero-order chi connectivity index (χ0) is 19.5. The van der Waals surface area contributed by atoms with Crippen molar-refractivity contribution in [3.63, 3.8) is 0 Å². The van der Waals surface area contributed by atoms with Crippen LogP contribution in [-0.4, -0.2) is 46.7 Å². The van der Waals surface area contributed by atoms with Gasteiger partial charge in [-0.3, -0.25) is 4.79 Å². The zero-order valence-corrected chi connectivity index (χ0v) is 17.5. The number of aryl methyl sites for hydroxylation is 1. The summed E-state index contributed by atoms with van der Waals surface area (Å²) in [7, 11) is 0. The first-order chi connectivity index (χ1) is 13.6. The van der Waals surface area contributed by atoms with Crippen molar-refractivity contribution in [1.29, 1.82) is 0 Å². The number of piperidine rings is 1. The lowest BCUT2D eigenvalue weighted by Gasteiger charge is -2.34. The molecule has 5 nitrogen and oxygen atoms in total. The molecule has 1 aromatic carbocycles. The van der Waals surface area contributed by atoms with Gasteiger partial charge in [0.1, 0.15) is 5.82 Å². The van der Waals surface area contributed by atoms with E-state index in [-0.39, 0.29) is 0 Å². The molecule has 0 aliphatic carbocycles. The predicted molar refractivity (Wildman–Crippen MR) is 114 cm³/mol. The highest BCUT2D eigenvalue weighted by atomic mass is 32.2. The van der Waals surface area contributed by atoms with Crippen LogP contribution in [-0.2, 0) is 17.8 Å². The van der Waals surface area contributed by atoms with Gasteiger partial charge in [0.15, 0.2) is 5.16 Å². The van der Waals surface area contributed by atoms with Gasteiger partial charge >= 0.3 is 0 Å². The number of benzene rings is 1. The SMILES string of the molecule is CSc1nc(C)cc(N2CCC(CC(=O)N3CCc4ccccc4C3)CC2)n1. The molecule has 0 bridgehead atoms. The summed E-state index contributed by atoms with van der Waals surface area (Å²) in [5.41, 5.74) is 3.71. The molecule has 3 heterocycles. The van der Waals surface area contributed by atoms with Crippen LogP contribution < -0.4 is 4.90 Å². The number of hydrogen-bond acceptors (Lipinski definition) is 5. The molecule has 1 fully saturated rings. The Hall–Kier alpha value is -2.08. The first kappa shape index (κ1) is 19.2. The summed E-state index contributed by atoms with van der Waals surface area (Å²) < 4.78 is 0. The Balaban J connectivity index is 1.31. The number of thioether (sulfide) groups is 1. The lowest BCUT2D eigenvalue weighted by molar-refractivity contribution is -0.133. The molecule has 1 amide bonds. The Morgan fingerprint density at radius 2 is 1.89 bits per heavy atom. The van der Waals surface area contributed by atoms with Crippen LogP contribution in [0.2, 0.25) is 0 Å². The van der Waals surface area contributed by atoms with E-state index in [1.54, 1.807) is 11.8 Å². The van der Waals surface area contributed by atoms with Gasteiger partial charge in [0.2, 0.25) is 5.91 Å². The van der Waals surface area contributed by atoms with Gasteiger partial charge in [-0.25, -0.2) is 9.97 Å². The molecule has 6 heteroatoms. The van der Waals surface area contributed by atoms with Gasteiger partial charge in [0.25, 0.3) is 0 Å². The maximum atomic E-state index is 12.8. The third-order valence-electron chi connectivity index (χ3n) is 5.89. The number of anilines is 1. The summed E-state index contributed by atoms with van der Waals surface area (Å²) in [6.07, 6.45) is 5.76. The van der Waals surface area contributed by atoms with Crippen molar-refractivity contribution in [1.82, 2.24) is 14.9 Å². The van der Waals surface area contributed by atoms with Crippen molar-refractivity contribution in [3.05, 3.63) is 47.2 Å². The highest BCUT2D eigenvalue weighted by molar-refractivity contribution is 7.98. The standard InChI is InChI=1S/C22H28N4OS/c1-16-13-20(24-22(23-16)28-2)25-10-7-17(8-11-25)14-21(27)26-12-9-18-5-3-4-6-19(18)15-26/h3-6,13,17H,7-12,14-15H2,1-2H3. The van der Waals surface area contributed by atoms with Crippen LogP contribution in [0, 0.1) is 12.8 Å². The van der Waals surface area contributed by atoms with Crippen LogP contribution in [0.15, 0.2) is 35.5 Å². The van der Waals surface area contributed by atoms with Crippen LogP contribution in [0.3, 0.4) is 0 Å². The number of carbonyl (C=O) groups is 1. The molecule has 1 aromatic heterocycles. The monoisotopic (exact) mass is 396 g/mol. The summed E-state index contributed by atoms with van der Waals surface area (Å²) in [6.45, 7) is 5.57. The van der Waals surface area contributed by atoms with Gasteiger partial charge in [0, 0.05) is 44.4 Å². The van der Waals surface area contributed by atoms with E-state index in [9.17, 15) is 4.79 Å². The van der Waals surface area contributed by atoms with Crippen LogP contribution >= 0.6 is 11.8 Å². The molecule has 1 saturated heterocycles. The number of nitrogens with zero attached hydrogens (tertiary/aromatic N) is 4. The second-order valence-electron chi connectivity index (χ2n) is 7.82. The Kier molecular flexibility index (Phi) is 5.85. The number of fused-ring (bicyclic) bond motifs is 1. The van der Waals surface area contributed by atoms with Crippen molar-refractivity contribution in [2.75, 3.05) is 30.8 Å². The maximum absolute atomic E-state index is 12.8. The Labute approximate surface area is 171 Å². The first-order valence-corrected chi connectivity index (χ1v) is 11.3. The quantitative estimate of drug-likeness (QED) is 0.583. The lowest BCUT2D eigenvalue weighted by Crippen LogP contribution is -2.39. The van der Waals surface area contributed by atoms with E-state index < -0.39 is 0 Å². The largest absolute Gasteiger partial charge is 0.356 e. The lowest BCUT2D eigenvalue weighted by atomic mass is 9.92. The fourth-order valence-electron chi connectivity index (χ4n) is 4.23. The second kappa shape index (κ2) is 8.52. The average molecular weight is 397 g/mol. The smallest absolute Gasteiger partial charge is 0.223 e. The molecule has 2 aliphatic rings. The minimum absolute atomic E-state index is 0.315. The number of aromatic nitrogens is 2. The van der Waals surface area contributed by atoms with Gasteiger partial charge in [-0.1, -0.05) is 36.0 Å². The van der Waals surface area contributed by atoms with E-state index in [0.29, 0.717) is 18.2 Å². The van der Waals surface area contributed by atoms with E-state index in [2.05, 4.69) is 45.2 Å². The topological polar surface area (TPSA) is 49.3 Å². The summed E-state index contributed by atoms with van der Waals surface area (Å²) in [6, 6.07) is 10.6. The molecular weight excluding hydrogens is 368 g/mol. The fraction of sp³-hybridized carbons (Fsp3) is 0.500. The average Bonchev–Trinajstić information content (AvgIpc) is 2.73. The van der Waals surface area contributed by atoms with E-state index in [0.717, 1.165) is 62.1 Å². The molecule has 28 heavy (non-hydrogen) atoms. The molecule has 0 spiro atoms. The van der Waals surface area contributed by atoms with Crippen molar-refractivity contribution < 1.29 is 4.79 Å². The summed E-state index contributed by atoms with van der Waals surface area (Å²) >= 11 is 1.58. The minimum atomic E-state index is 0.315. The van der Waals surface area contributed by atoms with Gasteiger partial charge in [-0.2, -0.15) is 0 Å². The third kappa shape index (κ3) is 4.32. The Morgan fingerprint density at radius 1 is 1.14 bits per heavy atom. The number of amides is 1. The van der Waals surface area contributed by atoms with Crippen LogP contribution in [0.1, 0.15) is 36.1 Å². The molecule has 2 aromatic rings. The summed E-state index contributed by atoms with van der Waals surface area (Å²) in [4.78, 5) is 26.3. The highest BCUT2D eigenvalue weighted by Crippen LogP contribution is 2.27. The van der Waals surface area contributed by atoms with Crippen LogP contribution in [0.25, 0.3) is 0 Å². The Morgan fingerprint density at radius 3 is 2.64 bits per heavy atom. The molecule has 0 saturated carbocycles. The molecule has 4 rings (SSSR count).